The molecular formula is C11H16ClNO5S2. The van der Waals surface area contributed by atoms with Gasteiger partial charge < -0.3 is 4.74 Å². The summed E-state index contributed by atoms with van der Waals surface area (Å²) in [4.78, 5) is 3.85. The molecule has 0 amide bonds. The van der Waals surface area contributed by atoms with E-state index in [1.54, 1.807) is 0 Å². The Morgan fingerprint density at radius 3 is 2.40 bits per heavy atom. The monoisotopic (exact) mass is 341 g/mol. The molecule has 9 heteroatoms. The summed E-state index contributed by atoms with van der Waals surface area (Å²) in [5.74, 6) is -0.330. The molecule has 1 aromatic rings. The molecule has 114 valence electrons. The van der Waals surface area contributed by atoms with Crippen molar-refractivity contribution in [1.82, 2.24) is 4.98 Å². The molecule has 0 unspecified atom stereocenters. The highest BCUT2D eigenvalue weighted by Crippen LogP contribution is 2.18. The number of methoxy groups -OCH3 is 1. The van der Waals surface area contributed by atoms with Crippen molar-refractivity contribution >= 4 is 31.3 Å². The largest absolute Gasteiger partial charge is 0.481 e. The molecule has 0 aliphatic carbocycles. The van der Waals surface area contributed by atoms with Gasteiger partial charge in [0.2, 0.25) is 5.88 Å². The lowest BCUT2D eigenvalue weighted by molar-refractivity contribution is 0.397. The molecule has 6 nitrogen and oxygen atoms in total. The molecule has 1 aromatic heterocycles. The highest BCUT2D eigenvalue weighted by atomic mass is 35.5. The van der Waals surface area contributed by atoms with Gasteiger partial charge in [0.05, 0.1) is 24.4 Å². The van der Waals surface area contributed by atoms with Crippen molar-refractivity contribution in [2.45, 2.75) is 12.2 Å². The maximum Gasteiger partial charge on any atom is 0.214 e. The van der Waals surface area contributed by atoms with Gasteiger partial charge in [0.25, 0.3) is 0 Å². The van der Waals surface area contributed by atoms with Crippen molar-refractivity contribution < 1.29 is 21.6 Å². The van der Waals surface area contributed by atoms with Crippen LogP contribution in [0, 0.1) is 0 Å². The molecule has 0 saturated heterocycles. The second kappa shape index (κ2) is 6.73. The Bertz CT molecular complexity index is 670. The average molecular weight is 342 g/mol. The average Bonchev–Trinajstić information content (AvgIpc) is 2.24. The molecule has 0 fully saturated rings. The number of sulfone groups is 2. The van der Waals surface area contributed by atoms with E-state index < -0.39 is 19.7 Å². The topological polar surface area (TPSA) is 90.4 Å². The maximum atomic E-state index is 11.9. The summed E-state index contributed by atoms with van der Waals surface area (Å²) in [7, 11) is -5.15. The van der Waals surface area contributed by atoms with Crippen LogP contribution < -0.4 is 4.74 Å². The molecule has 0 bridgehead atoms. The number of aromatic nitrogens is 1. The molecule has 0 spiro atoms. The fourth-order valence-electron chi connectivity index (χ4n) is 1.58. The van der Waals surface area contributed by atoms with Crippen LogP contribution in [0.3, 0.4) is 0 Å². The van der Waals surface area contributed by atoms with E-state index in [1.165, 1.54) is 19.2 Å². The van der Waals surface area contributed by atoms with Crippen molar-refractivity contribution in [2.24, 2.45) is 0 Å². The molecule has 0 aliphatic rings. The summed E-state index contributed by atoms with van der Waals surface area (Å²) in [5.41, 5.74) is 0.459. The highest BCUT2D eigenvalue weighted by molar-refractivity contribution is 7.91. The van der Waals surface area contributed by atoms with Gasteiger partial charge in [0.15, 0.2) is 9.84 Å². The third-order valence-electron chi connectivity index (χ3n) is 2.40. The Kier molecular flexibility index (Phi) is 5.79. The van der Waals surface area contributed by atoms with Crippen LogP contribution in [-0.4, -0.2) is 46.7 Å². The predicted octanol–water partition coefficient (Wildman–Crippen LogP) is 1.09. The summed E-state index contributed by atoms with van der Waals surface area (Å²) in [5, 5.41) is 0.144. The minimum atomic E-state index is -3.41. The Labute approximate surface area is 124 Å². The first kappa shape index (κ1) is 17.2. The third-order valence-corrected chi connectivity index (χ3v) is 5.30. The van der Waals surface area contributed by atoms with Crippen LogP contribution in [-0.2, 0) is 25.4 Å². The summed E-state index contributed by atoms with van der Waals surface area (Å²) in [6.07, 6.45) is 1.16. The minimum Gasteiger partial charge on any atom is -0.481 e. The van der Waals surface area contributed by atoms with Gasteiger partial charge in [-0.15, -0.1) is 0 Å². The zero-order chi connectivity index (χ0) is 15.4. The number of ether oxygens (including phenoxy) is 1. The van der Waals surface area contributed by atoms with E-state index in [9.17, 15) is 16.8 Å². The second-order valence-corrected chi connectivity index (χ2v) is 9.25. The number of hydrogen-bond acceptors (Lipinski definition) is 6. The van der Waals surface area contributed by atoms with E-state index in [-0.39, 0.29) is 34.7 Å². The standard InChI is InChI=1S/C11H16ClNO5S2/c1-18-11-7-9(6-10(12)13-11)8-20(16,17)5-3-4-19(2,14)15/h6-7H,3-5,8H2,1-2H3. The maximum absolute atomic E-state index is 11.9. The van der Waals surface area contributed by atoms with Crippen molar-refractivity contribution in [3.8, 4) is 5.88 Å². The van der Waals surface area contributed by atoms with Gasteiger partial charge in [0, 0.05) is 12.3 Å². The summed E-state index contributed by atoms with van der Waals surface area (Å²) >= 11 is 5.76. The van der Waals surface area contributed by atoms with Crippen LogP contribution in [0.5, 0.6) is 5.88 Å². The Hall–Kier alpha value is -0.860. The minimum absolute atomic E-state index is 0.0805. The third kappa shape index (κ3) is 6.53. The van der Waals surface area contributed by atoms with Crippen LogP contribution in [0.4, 0.5) is 0 Å². The van der Waals surface area contributed by atoms with Gasteiger partial charge in [-0.05, 0) is 18.1 Å². The predicted molar refractivity (Wildman–Crippen MR) is 77.6 cm³/mol. The van der Waals surface area contributed by atoms with Gasteiger partial charge in [-0.1, -0.05) is 11.6 Å². The fraction of sp³-hybridized carbons (Fsp3) is 0.545. The number of rotatable bonds is 7. The van der Waals surface area contributed by atoms with Crippen molar-refractivity contribution in [1.29, 1.82) is 0 Å². The van der Waals surface area contributed by atoms with Crippen molar-refractivity contribution in [3.63, 3.8) is 0 Å². The van der Waals surface area contributed by atoms with E-state index in [0.717, 1.165) is 6.26 Å². The molecule has 0 N–H and O–H groups in total. The molecule has 1 rings (SSSR count). The summed E-state index contributed by atoms with van der Waals surface area (Å²) in [6, 6.07) is 2.93. The van der Waals surface area contributed by atoms with E-state index in [1.807, 2.05) is 0 Å². The Morgan fingerprint density at radius 2 is 1.85 bits per heavy atom. The second-order valence-electron chi connectivity index (χ2n) is 4.42. The number of halogens is 1. The van der Waals surface area contributed by atoms with Crippen LogP contribution in [0.1, 0.15) is 12.0 Å². The molecule has 0 aromatic carbocycles. The highest BCUT2D eigenvalue weighted by Gasteiger charge is 2.15. The Balaban J connectivity index is 2.73. The zero-order valence-electron chi connectivity index (χ0n) is 11.2. The SMILES string of the molecule is COc1cc(CS(=O)(=O)CCCS(C)(=O)=O)cc(Cl)n1. The fourth-order valence-corrected chi connectivity index (χ4v) is 4.06. The van der Waals surface area contributed by atoms with E-state index in [0.29, 0.717) is 5.56 Å². The molecule has 0 saturated carbocycles. The van der Waals surface area contributed by atoms with E-state index in [4.69, 9.17) is 16.3 Å². The zero-order valence-corrected chi connectivity index (χ0v) is 13.6. The van der Waals surface area contributed by atoms with Crippen LogP contribution in [0.2, 0.25) is 5.15 Å². The number of hydrogen-bond donors (Lipinski definition) is 0. The summed E-state index contributed by atoms with van der Waals surface area (Å²) < 4.78 is 50.6. The van der Waals surface area contributed by atoms with Gasteiger partial charge >= 0.3 is 0 Å². The van der Waals surface area contributed by atoms with Gasteiger partial charge in [-0.2, -0.15) is 0 Å². The van der Waals surface area contributed by atoms with Crippen molar-refractivity contribution in [3.05, 3.63) is 22.8 Å². The number of nitrogens with zero attached hydrogens (tertiary/aromatic N) is 1. The van der Waals surface area contributed by atoms with Crippen LogP contribution in [0.15, 0.2) is 12.1 Å². The van der Waals surface area contributed by atoms with E-state index in [2.05, 4.69) is 4.98 Å². The van der Waals surface area contributed by atoms with Gasteiger partial charge in [0.1, 0.15) is 15.0 Å². The normalized spacial score (nSPS) is 12.3. The molecule has 0 radical (unpaired) electrons. The first-order chi connectivity index (χ1) is 9.11. The first-order valence-corrected chi connectivity index (χ1v) is 9.96. The lowest BCUT2D eigenvalue weighted by Crippen LogP contribution is -2.13. The molecule has 0 aliphatic heterocycles. The van der Waals surface area contributed by atoms with Crippen molar-refractivity contribution in [2.75, 3.05) is 24.9 Å². The molecular weight excluding hydrogens is 326 g/mol. The Morgan fingerprint density at radius 1 is 1.20 bits per heavy atom. The number of pyridine rings is 1. The quantitative estimate of drug-likeness (QED) is 0.690. The molecule has 20 heavy (non-hydrogen) atoms. The van der Waals surface area contributed by atoms with E-state index >= 15 is 0 Å². The lowest BCUT2D eigenvalue weighted by atomic mass is 10.3. The lowest BCUT2D eigenvalue weighted by Gasteiger charge is -2.06. The van der Waals surface area contributed by atoms with Gasteiger partial charge in [-0.25, -0.2) is 21.8 Å². The summed E-state index contributed by atoms with van der Waals surface area (Å²) in [6.45, 7) is 0. The molecule has 0 atom stereocenters. The van der Waals surface area contributed by atoms with Crippen LogP contribution in [0.25, 0.3) is 0 Å². The van der Waals surface area contributed by atoms with Gasteiger partial charge in [-0.3, -0.25) is 0 Å². The smallest absolute Gasteiger partial charge is 0.214 e. The molecule has 1 heterocycles. The van der Waals surface area contributed by atoms with Crippen LogP contribution >= 0.6 is 11.6 Å². The first-order valence-electron chi connectivity index (χ1n) is 5.70.